The average Bonchev–Trinajstić information content (AvgIpc) is 2.32. The summed E-state index contributed by atoms with van der Waals surface area (Å²) in [6.07, 6.45) is 2.15. The SMILES string of the molecule is CCc1cccc(Cc2ccccc2C)c1. The van der Waals surface area contributed by atoms with Gasteiger partial charge in [-0.25, -0.2) is 0 Å². The van der Waals surface area contributed by atoms with Crippen molar-refractivity contribution < 1.29 is 0 Å². The van der Waals surface area contributed by atoms with Gasteiger partial charge in [-0.2, -0.15) is 0 Å². The summed E-state index contributed by atoms with van der Waals surface area (Å²) in [4.78, 5) is 0. The first-order valence-electron chi connectivity index (χ1n) is 5.92. The van der Waals surface area contributed by atoms with Crippen LogP contribution in [0.2, 0.25) is 0 Å². The zero-order valence-corrected chi connectivity index (χ0v) is 10.0. The molecule has 0 radical (unpaired) electrons. The summed E-state index contributed by atoms with van der Waals surface area (Å²) in [6, 6.07) is 17.5. The lowest BCUT2D eigenvalue weighted by molar-refractivity contribution is 1.10. The van der Waals surface area contributed by atoms with Gasteiger partial charge in [0.1, 0.15) is 0 Å². The van der Waals surface area contributed by atoms with Crippen LogP contribution >= 0.6 is 0 Å². The minimum absolute atomic E-state index is 1.04. The molecule has 0 aliphatic carbocycles. The van der Waals surface area contributed by atoms with Crippen molar-refractivity contribution >= 4 is 0 Å². The van der Waals surface area contributed by atoms with Crippen LogP contribution in [-0.4, -0.2) is 0 Å². The van der Waals surface area contributed by atoms with Crippen LogP contribution in [0.5, 0.6) is 0 Å². The van der Waals surface area contributed by atoms with Crippen LogP contribution in [0.25, 0.3) is 0 Å². The van der Waals surface area contributed by atoms with Gasteiger partial charge in [0.15, 0.2) is 0 Å². The first-order chi connectivity index (χ1) is 7.79. The Morgan fingerprint density at radius 1 is 0.875 bits per heavy atom. The average molecular weight is 210 g/mol. The Labute approximate surface area is 97.9 Å². The van der Waals surface area contributed by atoms with Crippen LogP contribution in [0, 0.1) is 6.92 Å². The maximum atomic E-state index is 2.31. The topological polar surface area (TPSA) is 0 Å². The summed E-state index contributed by atoms with van der Waals surface area (Å²) in [5, 5.41) is 0. The molecule has 0 bridgehead atoms. The van der Waals surface area contributed by atoms with Gasteiger partial charge >= 0.3 is 0 Å². The molecule has 0 amide bonds. The van der Waals surface area contributed by atoms with E-state index >= 15 is 0 Å². The molecule has 0 saturated carbocycles. The Morgan fingerprint density at radius 2 is 1.62 bits per heavy atom. The number of rotatable bonds is 3. The lowest BCUT2D eigenvalue weighted by atomic mass is 9.99. The molecule has 0 nitrogen and oxygen atoms in total. The second-order valence-corrected chi connectivity index (χ2v) is 4.28. The highest BCUT2D eigenvalue weighted by Gasteiger charge is 1.99. The summed E-state index contributed by atoms with van der Waals surface area (Å²) in [7, 11) is 0. The normalized spacial score (nSPS) is 10.4. The molecule has 0 atom stereocenters. The Kier molecular flexibility index (Phi) is 3.40. The van der Waals surface area contributed by atoms with Crippen LogP contribution in [0.15, 0.2) is 48.5 Å². The maximum absolute atomic E-state index is 2.31. The minimum atomic E-state index is 1.04. The van der Waals surface area contributed by atoms with E-state index in [4.69, 9.17) is 0 Å². The van der Waals surface area contributed by atoms with Crippen molar-refractivity contribution in [3.05, 3.63) is 70.8 Å². The maximum Gasteiger partial charge on any atom is -0.00230 e. The molecule has 2 rings (SSSR count). The molecule has 0 saturated heterocycles. The molecule has 0 heterocycles. The molecule has 0 aromatic heterocycles. The summed E-state index contributed by atoms with van der Waals surface area (Å²) < 4.78 is 0. The highest BCUT2D eigenvalue weighted by atomic mass is 14.0. The Balaban J connectivity index is 2.24. The van der Waals surface area contributed by atoms with E-state index < -0.39 is 0 Å². The molecule has 2 aromatic rings. The fourth-order valence-corrected chi connectivity index (χ4v) is 1.99. The van der Waals surface area contributed by atoms with Crippen molar-refractivity contribution in [1.29, 1.82) is 0 Å². The molecular formula is C16H18. The van der Waals surface area contributed by atoms with Crippen molar-refractivity contribution in [3.63, 3.8) is 0 Å². The van der Waals surface area contributed by atoms with Crippen LogP contribution in [0.1, 0.15) is 29.2 Å². The van der Waals surface area contributed by atoms with E-state index in [0.29, 0.717) is 0 Å². The smallest absolute Gasteiger partial charge is 0.00230 e. The standard InChI is InChI=1S/C16H18/c1-3-14-8-6-9-15(11-14)12-16-10-5-4-7-13(16)2/h4-11H,3,12H2,1-2H3. The van der Waals surface area contributed by atoms with Gasteiger partial charge in [0, 0.05) is 0 Å². The zero-order valence-electron chi connectivity index (χ0n) is 10.0. The van der Waals surface area contributed by atoms with E-state index in [1.807, 2.05) is 0 Å². The lowest BCUT2D eigenvalue weighted by Crippen LogP contribution is -1.92. The summed E-state index contributed by atoms with van der Waals surface area (Å²) >= 11 is 0. The summed E-state index contributed by atoms with van der Waals surface area (Å²) in [5.41, 5.74) is 5.64. The third-order valence-corrected chi connectivity index (χ3v) is 3.06. The molecule has 0 heteroatoms. The highest BCUT2D eigenvalue weighted by Crippen LogP contribution is 2.14. The van der Waals surface area contributed by atoms with Gasteiger partial charge in [0.2, 0.25) is 0 Å². The van der Waals surface area contributed by atoms with Crippen molar-refractivity contribution in [2.75, 3.05) is 0 Å². The van der Waals surface area contributed by atoms with Crippen molar-refractivity contribution in [2.45, 2.75) is 26.7 Å². The number of hydrogen-bond donors (Lipinski definition) is 0. The van der Waals surface area contributed by atoms with Crippen LogP contribution in [0.3, 0.4) is 0 Å². The minimum Gasteiger partial charge on any atom is -0.0620 e. The molecule has 0 N–H and O–H groups in total. The molecule has 0 aliphatic rings. The molecule has 82 valence electrons. The van der Waals surface area contributed by atoms with Gasteiger partial charge in [-0.3, -0.25) is 0 Å². The molecule has 0 fully saturated rings. The van der Waals surface area contributed by atoms with Crippen molar-refractivity contribution in [2.24, 2.45) is 0 Å². The van der Waals surface area contributed by atoms with E-state index in [1.165, 1.54) is 22.3 Å². The van der Waals surface area contributed by atoms with E-state index in [1.54, 1.807) is 0 Å². The highest BCUT2D eigenvalue weighted by molar-refractivity contribution is 5.33. The molecule has 2 aromatic carbocycles. The van der Waals surface area contributed by atoms with Crippen molar-refractivity contribution in [3.8, 4) is 0 Å². The largest absolute Gasteiger partial charge is 0.0620 e. The molecule has 0 spiro atoms. The summed E-state index contributed by atoms with van der Waals surface area (Å²) in [6.45, 7) is 4.38. The van der Waals surface area contributed by atoms with E-state index in [2.05, 4.69) is 62.4 Å². The number of benzene rings is 2. The van der Waals surface area contributed by atoms with Crippen LogP contribution < -0.4 is 0 Å². The molecule has 0 aliphatic heterocycles. The Hall–Kier alpha value is -1.56. The quantitative estimate of drug-likeness (QED) is 0.714. The molecule has 16 heavy (non-hydrogen) atoms. The fraction of sp³-hybridized carbons (Fsp3) is 0.250. The second-order valence-electron chi connectivity index (χ2n) is 4.28. The van der Waals surface area contributed by atoms with Gasteiger partial charge in [-0.1, -0.05) is 55.5 Å². The molecular weight excluding hydrogens is 192 g/mol. The van der Waals surface area contributed by atoms with Gasteiger partial charge in [0.05, 0.1) is 0 Å². The van der Waals surface area contributed by atoms with E-state index in [0.717, 1.165) is 12.8 Å². The summed E-state index contributed by atoms with van der Waals surface area (Å²) in [5.74, 6) is 0. The monoisotopic (exact) mass is 210 g/mol. The zero-order chi connectivity index (χ0) is 11.4. The third kappa shape index (κ3) is 2.52. The van der Waals surface area contributed by atoms with Gasteiger partial charge in [0.25, 0.3) is 0 Å². The van der Waals surface area contributed by atoms with Gasteiger partial charge in [-0.15, -0.1) is 0 Å². The second kappa shape index (κ2) is 4.98. The Morgan fingerprint density at radius 3 is 2.38 bits per heavy atom. The predicted octanol–water partition coefficient (Wildman–Crippen LogP) is 4.15. The van der Waals surface area contributed by atoms with E-state index in [-0.39, 0.29) is 0 Å². The van der Waals surface area contributed by atoms with Gasteiger partial charge in [-0.05, 0) is 42.0 Å². The molecule has 0 unspecified atom stereocenters. The fourth-order valence-electron chi connectivity index (χ4n) is 1.99. The third-order valence-electron chi connectivity index (χ3n) is 3.06. The van der Waals surface area contributed by atoms with Gasteiger partial charge < -0.3 is 0 Å². The number of hydrogen-bond acceptors (Lipinski definition) is 0. The van der Waals surface area contributed by atoms with Crippen LogP contribution in [0.4, 0.5) is 0 Å². The van der Waals surface area contributed by atoms with Crippen LogP contribution in [-0.2, 0) is 12.8 Å². The first-order valence-corrected chi connectivity index (χ1v) is 5.92. The van der Waals surface area contributed by atoms with E-state index in [9.17, 15) is 0 Å². The number of aryl methyl sites for hydroxylation is 2. The lowest BCUT2D eigenvalue weighted by Gasteiger charge is -2.06. The predicted molar refractivity (Wildman–Crippen MR) is 69.8 cm³/mol. The Bertz CT molecular complexity index is 469. The first kappa shape index (κ1) is 10.9. The van der Waals surface area contributed by atoms with Crippen molar-refractivity contribution in [1.82, 2.24) is 0 Å².